The molecule has 2 nitrogen and oxygen atoms in total. The predicted molar refractivity (Wildman–Crippen MR) is 57.0 cm³/mol. The van der Waals surface area contributed by atoms with Crippen LogP contribution in [0.5, 0.6) is 0 Å². The van der Waals surface area contributed by atoms with Crippen LogP contribution in [0, 0.1) is 6.92 Å². The van der Waals surface area contributed by atoms with Crippen molar-refractivity contribution in [1.82, 2.24) is 5.32 Å². The molecule has 0 aliphatic rings. The Morgan fingerprint density at radius 2 is 2.23 bits per heavy atom. The van der Waals surface area contributed by atoms with Crippen LogP contribution in [0.1, 0.15) is 17.2 Å². The Bertz CT molecular complexity index is 282. The number of nitrogens with one attached hydrogen (secondary N) is 1. The minimum Gasteiger partial charge on any atom is -0.329 e. The van der Waals surface area contributed by atoms with Crippen LogP contribution in [0.4, 0.5) is 0 Å². The molecule has 0 radical (unpaired) electrons. The molecule has 0 bridgehead atoms. The van der Waals surface area contributed by atoms with E-state index >= 15 is 0 Å². The summed E-state index contributed by atoms with van der Waals surface area (Å²) in [6.45, 7) is 2.64. The molecule has 1 aromatic carbocycles. The smallest absolute Gasteiger partial charge is 0.0444 e. The lowest BCUT2D eigenvalue weighted by atomic mass is 10.0. The minimum absolute atomic E-state index is 0.220. The fourth-order valence-corrected chi connectivity index (χ4v) is 1.66. The van der Waals surface area contributed by atoms with E-state index in [1.54, 1.807) is 0 Å². The number of hydrogen-bond donors (Lipinski definition) is 2. The maximum atomic E-state index is 5.86. The van der Waals surface area contributed by atoms with Crippen molar-refractivity contribution in [2.45, 2.75) is 13.0 Å². The van der Waals surface area contributed by atoms with Crippen LogP contribution in [-0.4, -0.2) is 13.6 Å². The molecule has 0 heterocycles. The van der Waals surface area contributed by atoms with Gasteiger partial charge >= 0.3 is 0 Å². The molecule has 1 rings (SSSR count). The maximum absolute atomic E-state index is 5.86. The first kappa shape index (κ1) is 10.5. The van der Waals surface area contributed by atoms with Crippen molar-refractivity contribution in [3.05, 3.63) is 34.3 Å². The second kappa shape index (κ2) is 4.61. The van der Waals surface area contributed by atoms with Gasteiger partial charge in [0.05, 0.1) is 0 Å². The molecule has 3 N–H and O–H groups in total. The topological polar surface area (TPSA) is 38.0 Å². The molecule has 1 aromatic rings. The number of aryl methyl sites for hydroxylation is 1. The molecule has 0 saturated heterocycles. The monoisotopic (exact) mass is 198 g/mol. The second-order valence-electron chi connectivity index (χ2n) is 3.08. The van der Waals surface area contributed by atoms with Crippen LogP contribution in [0.25, 0.3) is 0 Å². The van der Waals surface area contributed by atoms with Gasteiger partial charge in [0.15, 0.2) is 0 Å². The average Bonchev–Trinajstić information content (AvgIpc) is 2.10. The summed E-state index contributed by atoms with van der Waals surface area (Å²) in [6, 6.07) is 6.09. The lowest BCUT2D eigenvalue weighted by Gasteiger charge is -2.16. The third-order valence-corrected chi connectivity index (χ3v) is 2.43. The van der Waals surface area contributed by atoms with Crippen molar-refractivity contribution in [3.8, 4) is 0 Å². The van der Waals surface area contributed by atoms with Crippen molar-refractivity contribution in [1.29, 1.82) is 0 Å². The highest BCUT2D eigenvalue weighted by atomic mass is 35.5. The van der Waals surface area contributed by atoms with Gasteiger partial charge in [-0.3, -0.25) is 0 Å². The molecule has 72 valence electrons. The third kappa shape index (κ3) is 2.44. The van der Waals surface area contributed by atoms with E-state index in [2.05, 4.69) is 5.32 Å². The fraction of sp³-hybridized carbons (Fsp3) is 0.400. The zero-order valence-corrected chi connectivity index (χ0v) is 8.73. The molecule has 0 aliphatic carbocycles. The zero-order valence-electron chi connectivity index (χ0n) is 7.97. The van der Waals surface area contributed by atoms with E-state index in [0.717, 1.165) is 5.02 Å². The lowest BCUT2D eigenvalue weighted by molar-refractivity contribution is 0.602. The standard InChI is InChI=1S/C10H15ClN2/c1-7-5-8(11)3-4-9(7)10(6-12)13-2/h3-5,10,13H,6,12H2,1-2H3. The van der Waals surface area contributed by atoms with Crippen molar-refractivity contribution < 1.29 is 0 Å². The molecular formula is C10H15ClN2. The van der Waals surface area contributed by atoms with Gasteiger partial charge in [-0.15, -0.1) is 0 Å². The maximum Gasteiger partial charge on any atom is 0.0444 e. The third-order valence-electron chi connectivity index (χ3n) is 2.19. The summed E-state index contributed by atoms with van der Waals surface area (Å²) in [7, 11) is 1.91. The van der Waals surface area contributed by atoms with Crippen molar-refractivity contribution in [3.63, 3.8) is 0 Å². The number of rotatable bonds is 3. The van der Waals surface area contributed by atoms with E-state index < -0.39 is 0 Å². The van der Waals surface area contributed by atoms with E-state index in [1.807, 2.05) is 32.2 Å². The molecule has 0 aliphatic heterocycles. The number of halogens is 1. The van der Waals surface area contributed by atoms with Gasteiger partial charge in [0, 0.05) is 17.6 Å². The van der Waals surface area contributed by atoms with Crippen LogP contribution < -0.4 is 11.1 Å². The molecule has 0 aromatic heterocycles. The van der Waals surface area contributed by atoms with Crippen molar-refractivity contribution >= 4 is 11.6 Å². The molecular weight excluding hydrogens is 184 g/mol. The molecule has 0 fully saturated rings. The number of benzene rings is 1. The quantitative estimate of drug-likeness (QED) is 0.779. The van der Waals surface area contributed by atoms with Gasteiger partial charge in [0.2, 0.25) is 0 Å². The van der Waals surface area contributed by atoms with Crippen molar-refractivity contribution in [2.24, 2.45) is 5.73 Å². The summed E-state index contributed by atoms with van der Waals surface area (Å²) < 4.78 is 0. The predicted octanol–water partition coefficient (Wildman–Crippen LogP) is 1.87. The van der Waals surface area contributed by atoms with E-state index in [0.29, 0.717) is 6.54 Å². The van der Waals surface area contributed by atoms with E-state index in [1.165, 1.54) is 11.1 Å². The Kier molecular flexibility index (Phi) is 3.72. The first-order chi connectivity index (χ1) is 6.19. The van der Waals surface area contributed by atoms with Crippen LogP contribution in [0.3, 0.4) is 0 Å². The van der Waals surface area contributed by atoms with Gasteiger partial charge in [0.1, 0.15) is 0 Å². The summed E-state index contributed by atoms with van der Waals surface area (Å²) in [5.74, 6) is 0. The Morgan fingerprint density at radius 3 is 2.69 bits per heavy atom. The normalized spacial score (nSPS) is 12.9. The first-order valence-electron chi connectivity index (χ1n) is 4.32. The highest BCUT2D eigenvalue weighted by Crippen LogP contribution is 2.20. The summed E-state index contributed by atoms with van der Waals surface area (Å²) >= 11 is 5.86. The molecule has 0 spiro atoms. The average molecular weight is 199 g/mol. The molecule has 1 atom stereocenters. The minimum atomic E-state index is 0.220. The molecule has 0 saturated carbocycles. The van der Waals surface area contributed by atoms with Gasteiger partial charge in [-0.25, -0.2) is 0 Å². The van der Waals surface area contributed by atoms with Gasteiger partial charge in [-0.2, -0.15) is 0 Å². The summed E-state index contributed by atoms with van der Waals surface area (Å²) in [5, 5.41) is 3.93. The van der Waals surface area contributed by atoms with Gasteiger partial charge in [-0.05, 0) is 37.2 Å². The number of nitrogens with two attached hydrogens (primary N) is 1. The summed E-state index contributed by atoms with van der Waals surface area (Å²) in [5.41, 5.74) is 8.02. The molecule has 0 amide bonds. The zero-order chi connectivity index (χ0) is 9.84. The SMILES string of the molecule is CNC(CN)c1ccc(Cl)cc1C. The van der Waals surface area contributed by atoms with E-state index in [9.17, 15) is 0 Å². The van der Waals surface area contributed by atoms with Gasteiger partial charge < -0.3 is 11.1 Å². The summed E-state index contributed by atoms with van der Waals surface area (Å²) in [6.07, 6.45) is 0. The number of likely N-dealkylation sites (N-methyl/N-ethyl adjacent to an activating group) is 1. The van der Waals surface area contributed by atoms with Crippen LogP contribution in [0.15, 0.2) is 18.2 Å². The first-order valence-corrected chi connectivity index (χ1v) is 4.70. The Labute approximate surface area is 84.1 Å². The Morgan fingerprint density at radius 1 is 1.54 bits per heavy atom. The molecule has 13 heavy (non-hydrogen) atoms. The number of hydrogen-bond acceptors (Lipinski definition) is 2. The molecule has 3 heteroatoms. The van der Waals surface area contributed by atoms with Gasteiger partial charge in [-0.1, -0.05) is 17.7 Å². The van der Waals surface area contributed by atoms with E-state index in [-0.39, 0.29) is 6.04 Å². The summed E-state index contributed by atoms with van der Waals surface area (Å²) in [4.78, 5) is 0. The fourth-order valence-electron chi connectivity index (χ4n) is 1.43. The Hall–Kier alpha value is -0.570. The lowest BCUT2D eigenvalue weighted by Crippen LogP contribution is -2.25. The highest BCUT2D eigenvalue weighted by Gasteiger charge is 2.09. The van der Waals surface area contributed by atoms with Crippen LogP contribution >= 0.6 is 11.6 Å². The van der Waals surface area contributed by atoms with E-state index in [4.69, 9.17) is 17.3 Å². The van der Waals surface area contributed by atoms with Gasteiger partial charge in [0.25, 0.3) is 0 Å². The van der Waals surface area contributed by atoms with Crippen LogP contribution in [0.2, 0.25) is 5.02 Å². The molecule has 1 unspecified atom stereocenters. The Balaban J connectivity index is 2.99. The largest absolute Gasteiger partial charge is 0.329 e. The van der Waals surface area contributed by atoms with Crippen LogP contribution in [-0.2, 0) is 0 Å². The highest BCUT2D eigenvalue weighted by molar-refractivity contribution is 6.30. The van der Waals surface area contributed by atoms with Crippen molar-refractivity contribution in [2.75, 3.05) is 13.6 Å². The second-order valence-corrected chi connectivity index (χ2v) is 3.51.